The third kappa shape index (κ3) is 3.07. The Balaban J connectivity index is 2.03. The van der Waals surface area contributed by atoms with Crippen molar-refractivity contribution in [1.29, 1.82) is 0 Å². The van der Waals surface area contributed by atoms with E-state index in [-0.39, 0.29) is 5.91 Å². The number of carbonyl (C=O) groups is 1. The molecule has 0 aromatic heterocycles. The van der Waals surface area contributed by atoms with Crippen LogP contribution in [-0.4, -0.2) is 25.0 Å². The minimum Gasteiger partial charge on any atom is -0.349 e. The van der Waals surface area contributed by atoms with Gasteiger partial charge in [-0.3, -0.25) is 4.79 Å². The van der Waals surface area contributed by atoms with Gasteiger partial charge >= 0.3 is 0 Å². The lowest BCUT2D eigenvalue weighted by atomic mass is 10.0. The molecule has 1 fully saturated rings. The van der Waals surface area contributed by atoms with Crippen LogP contribution < -0.4 is 10.6 Å². The van der Waals surface area contributed by atoms with E-state index in [0.29, 0.717) is 6.04 Å². The van der Waals surface area contributed by atoms with Crippen LogP contribution in [0.2, 0.25) is 0 Å². The van der Waals surface area contributed by atoms with Gasteiger partial charge in [0, 0.05) is 11.6 Å². The molecule has 0 aliphatic carbocycles. The Kier molecular flexibility index (Phi) is 3.79. The van der Waals surface area contributed by atoms with Gasteiger partial charge in [0.2, 0.25) is 0 Å². The standard InChI is InChI=1S/C14H20N2O/c1-10-3-4-13(11(2)9-10)14(17)16-12-5-7-15-8-6-12/h3-4,9,12,15H,5-8H2,1-2H3,(H,16,17). The van der Waals surface area contributed by atoms with Crippen molar-refractivity contribution in [2.75, 3.05) is 13.1 Å². The van der Waals surface area contributed by atoms with Crippen LogP contribution in [0.25, 0.3) is 0 Å². The van der Waals surface area contributed by atoms with Crippen molar-refractivity contribution < 1.29 is 4.79 Å². The molecule has 1 aromatic carbocycles. The Labute approximate surface area is 103 Å². The Bertz CT molecular complexity index is 409. The quantitative estimate of drug-likeness (QED) is 0.816. The molecule has 92 valence electrons. The number of benzene rings is 1. The smallest absolute Gasteiger partial charge is 0.251 e. The molecule has 0 bridgehead atoms. The molecule has 0 radical (unpaired) electrons. The molecule has 0 spiro atoms. The first-order chi connectivity index (χ1) is 8.16. The predicted octanol–water partition coefficient (Wildman–Crippen LogP) is 1.79. The van der Waals surface area contributed by atoms with E-state index < -0.39 is 0 Å². The summed E-state index contributed by atoms with van der Waals surface area (Å²) in [5.41, 5.74) is 3.05. The van der Waals surface area contributed by atoms with E-state index in [1.165, 1.54) is 5.56 Å². The monoisotopic (exact) mass is 232 g/mol. The molecular weight excluding hydrogens is 212 g/mol. The van der Waals surface area contributed by atoms with E-state index in [0.717, 1.165) is 37.1 Å². The van der Waals surface area contributed by atoms with Crippen molar-refractivity contribution in [1.82, 2.24) is 10.6 Å². The van der Waals surface area contributed by atoms with Crippen LogP contribution in [0.3, 0.4) is 0 Å². The first-order valence-electron chi connectivity index (χ1n) is 6.25. The van der Waals surface area contributed by atoms with Gasteiger partial charge < -0.3 is 10.6 Å². The van der Waals surface area contributed by atoms with E-state index in [1.807, 2.05) is 26.0 Å². The van der Waals surface area contributed by atoms with Crippen molar-refractivity contribution in [3.05, 3.63) is 34.9 Å². The summed E-state index contributed by atoms with van der Waals surface area (Å²) in [6, 6.07) is 6.28. The third-order valence-corrected chi connectivity index (χ3v) is 3.30. The number of amides is 1. The summed E-state index contributed by atoms with van der Waals surface area (Å²) in [5.74, 6) is 0.0643. The summed E-state index contributed by atoms with van der Waals surface area (Å²) in [4.78, 5) is 12.1. The largest absolute Gasteiger partial charge is 0.349 e. The van der Waals surface area contributed by atoms with Gasteiger partial charge in [-0.2, -0.15) is 0 Å². The molecule has 2 N–H and O–H groups in total. The molecule has 2 rings (SSSR count). The lowest BCUT2D eigenvalue weighted by Crippen LogP contribution is -2.42. The highest BCUT2D eigenvalue weighted by atomic mass is 16.1. The highest BCUT2D eigenvalue weighted by Gasteiger charge is 2.17. The Morgan fingerprint density at radius 2 is 2.00 bits per heavy atom. The molecule has 1 aromatic rings. The second kappa shape index (κ2) is 5.32. The zero-order chi connectivity index (χ0) is 12.3. The third-order valence-electron chi connectivity index (χ3n) is 3.30. The number of hydrogen-bond acceptors (Lipinski definition) is 2. The average Bonchev–Trinajstić information content (AvgIpc) is 2.30. The van der Waals surface area contributed by atoms with Crippen molar-refractivity contribution in [3.8, 4) is 0 Å². The van der Waals surface area contributed by atoms with E-state index >= 15 is 0 Å². The number of aryl methyl sites for hydroxylation is 2. The summed E-state index contributed by atoms with van der Waals surface area (Å²) >= 11 is 0. The normalized spacial score (nSPS) is 16.8. The number of carbonyl (C=O) groups excluding carboxylic acids is 1. The maximum Gasteiger partial charge on any atom is 0.251 e. The van der Waals surface area contributed by atoms with Crippen LogP contribution in [0, 0.1) is 13.8 Å². The number of piperidine rings is 1. The average molecular weight is 232 g/mol. The maximum absolute atomic E-state index is 12.1. The topological polar surface area (TPSA) is 41.1 Å². The molecule has 1 saturated heterocycles. The van der Waals surface area contributed by atoms with Crippen LogP contribution in [0.4, 0.5) is 0 Å². The number of rotatable bonds is 2. The maximum atomic E-state index is 12.1. The first-order valence-corrected chi connectivity index (χ1v) is 6.25. The highest BCUT2D eigenvalue weighted by Crippen LogP contribution is 2.11. The molecule has 1 aliphatic heterocycles. The fraction of sp³-hybridized carbons (Fsp3) is 0.500. The summed E-state index contributed by atoms with van der Waals surface area (Å²) in [5, 5.41) is 6.41. The van der Waals surface area contributed by atoms with Crippen molar-refractivity contribution in [3.63, 3.8) is 0 Å². The lowest BCUT2D eigenvalue weighted by Gasteiger charge is -2.24. The zero-order valence-corrected chi connectivity index (χ0v) is 10.5. The van der Waals surface area contributed by atoms with Gasteiger partial charge in [-0.05, 0) is 51.4 Å². The summed E-state index contributed by atoms with van der Waals surface area (Å²) in [7, 11) is 0. The first kappa shape index (κ1) is 12.1. The fourth-order valence-electron chi connectivity index (χ4n) is 2.30. The SMILES string of the molecule is Cc1ccc(C(=O)NC2CCNCC2)c(C)c1. The molecule has 1 heterocycles. The van der Waals surface area contributed by atoms with Crippen molar-refractivity contribution >= 4 is 5.91 Å². The number of hydrogen-bond donors (Lipinski definition) is 2. The summed E-state index contributed by atoms with van der Waals surface area (Å²) < 4.78 is 0. The minimum atomic E-state index is 0.0643. The van der Waals surface area contributed by atoms with Crippen molar-refractivity contribution in [2.24, 2.45) is 0 Å². The van der Waals surface area contributed by atoms with Crippen LogP contribution in [0.1, 0.15) is 34.3 Å². The van der Waals surface area contributed by atoms with E-state index in [9.17, 15) is 4.79 Å². The second-order valence-electron chi connectivity index (χ2n) is 4.82. The van der Waals surface area contributed by atoms with Gasteiger partial charge in [0.15, 0.2) is 0 Å². The molecule has 1 aliphatic rings. The minimum absolute atomic E-state index is 0.0643. The van der Waals surface area contributed by atoms with Crippen LogP contribution in [0.5, 0.6) is 0 Å². The van der Waals surface area contributed by atoms with Gasteiger partial charge in [0.1, 0.15) is 0 Å². The highest BCUT2D eigenvalue weighted by molar-refractivity contribution is 5.95. The molecule has 1 amide bonds. The molecule has 3 nitrogen and oxygen atoms in total. The van der Waals surface area contributed by atoms with Crippen LogP contribution >= 0.6 is 0 Å². The van der Waals surface area contributed by atoms with E-state index in [2.05, 4.69) is 16.7 Å². The van der Waals surface area contributed by atoms with Gasteiger partial charge in [0.25, 0.3) is 5.91 Å². The van der Waals surface area contributed by atoms with Gasteiger partial charge in [-0.1, -0.05) is 17.7 Å². The molecule has 3 heteroatoms. The van der Waals surface area contributed by atoms with Crippen LogP contribution in [0.15, 0.2) is 18.2 Å². The number of nitrogens with one attached hydrogen (secondary N) is 2. The predicted molar refractivity (Wildman–Crippen MR) is 69.3 cm³/mol. The van der Waals surface area contributed by atoms with Crippen molar-refractivity contribution in [2.45, 2.75) is 32.7 Å². The Morgan fingerprint density at radius 3 is 2.65 bits per heavy atom. The van der Waals surface area contributed by atoms with Gasteiger partial charge in [0.05, 0.1) is 0 Å². The molecule has 17 heavy (non-hydrogen) atoms. The van der Waals surface area contributed by atoms with Gasteiger partial charge in [-0.15, -0.1) is 0 Å². The fourth-order valence-corrected chi connectivity index (χ4v) is 2.30. The Morgan fingerprint density at radius 1 is 1.29 bits per heavy atom. The summed E-state index contributed by atoms with van der Waals surface area (Å²) in [6.07, 6.45) is 2.05. The Hall–Kier alpha value is -1.35. The lowest BCUT2D eigenvalue weighted by molar-refractivity contribution is 0.0929. The van der Waals surface area contributed by atoms with Gasteiger partial charge in [-0.25, -0.2) is 0 Å². The molecular formula is C14H20N2O. The van der Waals surface area contributed by atoms with E-state index in [4.69, 9.17) is 0 Å². The van der Waals surface area contributed by atoms with E-state index in [1.54, 1.807) is 0 Å². The van der Waals surface area contributed by atoms with Crippen LogP contribution in [-0.2, 0) is 0 Å². The summed E-state index contributed by atoms with van der Waals surface area (Å²) in [6.45, 7) is 6.03. The second-order valence-corrected chi connectivity index (χ2v) is 4.82. The molecule has 0 unspecified atom stereocenters. The molecule has 0 saturated carbocycles. The zero-order valence-electron chi connectivity index (χ0n) is 10.5. The molecule has 0 atom stereocenters.